The molecule has 0 saturated heterocycles. The van der Waals surface area contributed by atoms with Crippen LogP contribution in [0.2, 0.25) is 15.1 Å². The van der Waals surface area contributed by atoms with Crippen LogP contribution in [0.15, 0.2) is 41.3 Å². The van der Waals surface area contributed by atoms with Gasteiger partial charge in [-0.25, -0.2) is 0 Å². The highest BCUT2D eigenvalue weighted by atomic mass is 35.5. The second-order valence-electron chi connectivity index (χ2n) is 5.00. The Morgan fingerprint density at radius 1 is 1.05 bits per heavy atom. The van der Waals surface area contributed by atoms with E-state index >= 15 is 0 Å². The molecule has 1 N–H and O–H groups in total. The van der Waals surface area contributed by atoms with Crippen molar-refractivity contribution >= 4 is 46.6 Å². The van der Waals surface area contributed by atoms with E-state index in [1.54, 1.807) is 0 Å². The normalized spacial score (nSPS) is 17.6. The van der Waals surface area contributed by atoms with E-state index in [2.05, 4.69) is 17.4 Å². The summed E-state index contributed by atoms with van der Waals surface area (Å²) < 4.78 is 0. The standard InChI is InChI=1S/C16H14Cl3NS/c17-11-2-4-16-12(8-11)15(5-6-21-16)20-9-10-1-3-13(18)14(19)7-10/h1-4,7-8,15,20H,5-6,9H2. The number of benzene rings is 2. The van der Waals surface area contributed by atoms with Gasteiger partial charge in [-0.2, -0.15) is 0 Å². The van der Waals surface area contributed by atoms with Gasteiger partial charge in [0, 0.05) is 22.5 Å². The van der Waals surface area contributed by atoms with Crippen molar-refractivity contribution in [1.82, 2.24) is 5.32 Å². The van der Waals surface area contributed by atoms with Crippen LogP contribution < -0.4 is 5.32 Å². The largest absolute Gasteiger partial charge is 0.306 e. The zero-order valence-electron chi connectivity index (χ0n) is 11.2. The molecule has 0 fully saturated rings. The summed E-state index contributed by atoms with van der Waals surface area (Å²) in [5.74, 6) is 1.12. The average Bonchev–Trinajstić information content (AvgIpc) is 2.48. The Bertz CT molecular complexity index is 660. The molecule has 2 aromatic rings. The Kier molecular flexibility index (Phi) is 5.03. The summed E-state index contributed by atoms with van der Waals surface area (Å²) >= 11 is 20.0. The molecule has 1 nitrogen and oxygen atoms in total. The maximum Gasteiger partial charge on any atom is 0.0595 e. The summed E-state index contributed by atoms with van der Waals surface area (Å²) in [6, 6.07) is 12.2. The van der Waals surface area contributed by atoms with Crippen molar-refractivity contribution in [2.24, 2.45) is 0 Å². The van der Waals surface area contributed by atoms with Crippen molar-refractivity contribution in [2.45, 2.75) is 23.9 Å². The van der Waals surface area contributed by atoms with Gasteiger partial charge >= 0.3 is 0 Å². The van der Waals surface area contributed by atoms with Crippen molar-refractivity contribution < 1.29 is 0 Å². The molecule has 0 spiro atoms. The minimum atomic E-state index is 0.328. The van der Waals surface area contributed by atoms with Gasteiger partial charge in [-0.15, -0.1) is 11.8 Å². The van der Waals surface area contributed by atoms with Crippen LogP contribution in [-0.4, -0.2) is 5.75 Å². The van der Waals surface area contributed by atoms with Crippen molar-refractivity contribution in [3.8, 4) is 0 Å². The molecule has 2 aromatic carbocycles. The molecule has 1 heterocycles. The fourth-order valence-corrected chi connectivity index (χ4v) is 4.07. The Labute approximate surface area is 144 Å². The molecule has 0 aromatic heterocycles. The molecule has 1 atom stereocenters. The molecular weight excluding hydrogens is 345 g/mol. The van der Waals surface area contributed by atoms with Gasteiger partial charge in [-0.3, -0.25) is 0 Å². The van der Waals surface area contributed by atoms with Gasteiger partial charge in [0.25, 0.3) is 0 Å². The third kappa shape index (κ3) is 3.69. The monoisotopic (exact) mass is 357 g/mol. The third-order valence-corrected chi connectivity index (χ3v) is 5.64. The zero-order chi connectivity index (χ0) is 14.8. The minimum Gasteiger partial charge on any atom is -0.306 e. The topological polar surface area (TPSA) is 12.0 Å². The van der Waals surface area contributed by atoms with Crippen molar-refractivity contribution in [3.05, 3.63) is 62.6 Å². The van der Waals surface area contributed by atoms with E-state index in [-0.39, 0.29) is 0 Å². The predicted octanol–water partition coefficient (Wildman–Crippen LogP) is 5.97. The quantitative estimate of drug-likeness (QED) is 0.725. The van der Waals surface area contributed by atoms with E-state index in [1.165, 1.54) is 10.5 Å². The Balaban J connectivity index is 1.74. The summed E-state index contributed by atoms with van der Waals surface area (Å²) in [5, 5.41) is 5.57. The van der Waals surface area contributed by atoms with Crippen LogP contribution in [0, 0.1) is 0 Å². The lowest BCUT2D eigenvalue weighted by Crippen LogP contribution is -2.24. The van der Waals surface area contributed by atoms with Crippen molar-refractivity contribution in [1.29, 1.82) is 0 Å². The maximum absolute atomic E-state index is 6.13. The molecular formula is C16H14Cl3NS. The lowest BCUT2D eigenvalue weighted by atomic mass is 10.0. The maximum atomic E-state index is 6.13. The Morgan fingerprint density at radius 2 is 1.90 bits per heavy atom. The fourth-order valence-electron chi connectivity index (χ4n) is 2.47. The zero-order valence-corrected chi connectivity index (χ0v) is 14.3. The summed E-state index contributed by atoms with van der Waals surface area (Å²) in [4.78, 5) is 1.32. The van der Waals surface area contributed by atoms with Crippen LogP contribution in [0.4, 0.5) is 0 Å². The van der Waals surface area contributed by atoms with Crippen LogP contribution in [0.5, 0.6) is 0 Å². The second kappa shape index (κ2) is 6.80. The van der Waals surface area contributed by atoms with Crippen LogP contribution in [-0.2, 0) is 6.54 Å². The van der Waals surface area contributed by atoms with E-state index < -0.39 is 0 Å². The summed E-state index contributed by atoms with van der Waals surface area (Å²) in [6.07, 6.45) is 1.10. The average molecular weight is 359 g/mol. The molecule has 3 rings (SSSR count). The molecule has 1 aliphatic rings. The lowest BCUT2D eigenvalue weighted by Gasteiger charge is -2.26. The van der Waals surface area contributed by atoms with Gasteiger partial charge in [0.2, 0.25) is 0 Å². The first kappa shape index (κ1) is 15.5. The van der Waals surface area contributed by atoms with Gasteiger partial charge in [0.1, 0.15) is 0 Å². The van der Waals surface area contributed by atoms with Crippen LogP contribution in [0.1, 0.15) is 23.6 Å². The first-order valence-corrected chi connectivity index (χ1v) is 8.85. The predicted molar refractivity (Wildman–Crippen MR) is 92.8 cm³/mol. The van der Waals surface area contributed by atoms with Crippen molar-refractivity contribution in [2.75, 3.05) is 5.75 Å². The summed E-state index contributed by atoms with van der Waals surface area (Å²) in [6.45, 7) is 0.762. The molecule has 0 radical (unpaired) electrons. The SMILES string of the molecule is Clc1ccc2c(c1)C(NCc1ccc(Cl)c(Cl)c1)CCS2. The molecule has 0 saturated carbocycles. The summed E-state index contributed by atoms with van der Waals surface area (Å²) in [7, 11) is 0. The Morgan fingerprint density at radius 3 is 2.71 bits per heavy atom. The number of fused-ring (bicyclic) bond motifs is 1. The molecule has 110 valence electrons. The van der Waals surface area contributed by atoms with Crippen LogP contribution in [0.3, 0.4) is 0 Å². The van der Waals surface area contributed by atoms with E-state index in [9.17, 15) is 0 Å². The van der Waals surface area contributed by atoms with E-state index in [4.69, 9.17) is 34.8 Å². The van der Waals surface area contributed by atoms with Crippen LogP contribution >= 0.6 is 46.6 Å². The lowest BCUT2D eigenvalue weighted by molar-refractivity contribution is 0.510. The van der Waals surface area contributed by atoms with Gasteiger partial charge in [-0.05, 0) is 53.6 Å². The van der Waals surface area contributed by atoms with E-state index in [1.807, 2.05) is 36.0 Å². The third-order valence-electron chi connectivity index (χ3n) is 3.55. The molecule has 0 bridgehead atoms. The van der Waals surface area contributed by atoms with Crippen LogP contribution in [0.25, 0.3) is 0 Å². The first-order valence-electron chi connectivity index (χ1n) is 6.73. The molecule has 0 aliphatic carbocycles. The minimum absolute atomic E-state index is 0.328. The highest BCUT2D eigenvalue weighted by Crippen LogP contribution is 2.37. The van der Waals surface area contributed by atoms with E-state index in [0.29, 0.717) is 16.1 Å². The second-order valence-corrected chi connectivity index (χ2v) is 7.39. The number of thioether (sulfide) groups is 1. The highest BCUT2D eigenvalue weighted by molar-refractivity contribution is 7.99. The number of hydrogen-bond acceptors (Lipinski definition) is 2. The number of rotatable bonds is 3. The van der Waals surface area contributed by atoms with Gasteiger partial charge in [0.15, 0.2) is 0 Å². The number of hydrogen-bond donors (Lipinski definition) is 1. The highest BCUT2D eigenvalue weighted by Gasteiger charge is 2.20. The number of halogens is 3. The molecule has 1 unspecified atom stereocenters. The van der Waals surface area contributed by atoms with Gasteiger partial charge in [0.05, 0.1) is 10.0 Å². The number of nitrogens with one attached hydrogen (secondary N) is 1. The van der Waals surface area contributed by atoms with E-state index in [0.717, 1.165) is 29.3 Å². The Hall–Kier alpha value is -0.380. The smallest absolute Gasteiger partial charge is 0.0595 e. The first-order chi connectivity index (χ1) is 10.1. The summed E-state index contributed by atoms with van der Waals surface area (Å²) in [5.41, 5.74) is 2.42. The van der Waals surface area contributed by atoms with Gasteiger partial charge < -0.3 is 5.32 Å². The molecule has 5 heteroatoms. The molecule has 21 heavy (non-hydrogen) atoms. The molecule has 1 aliphatic heterocycles. The van der Waals surface area contributed by atoms with Gasteiger partial charge in [-0.1, -0.05) is 40.9 Å². The molecule has 0 amide bonds. The van der Waals surface area contributed by atoms with Crippen molar-refractivity contribution in [3.63, 3.8) is 0 Å². The fraction of sp³-hybridized carbons (Fsp3) is 0.250.